The molecular formula is C16H13NO3. The van der Waals surface area contributed by atoms with Crippen molar-refractivity contribution in [1.82, 2.24) is 0 Å². The van der Waals surface area contributed by atoms with Gasteiger partial charge in [0.25, 0.3) is 0 Å². The molecule has 4 nitrogen and oxygen atoms in total. The summed E-state index contributed by atoms with van der Waals surface area (Å²) in [6, 6.07) is 16.5. The van der Waals surface area contributed by atoms with Crippen LogP contribution in [0.2, 0.25) is 0 Å². The van der Waals surface area contributed by atoms with Crippen LogP contribution in [0.15, 0.2) is 48.5 Å². The molecule has 0 atom stereocenters. The maximum Gasteiger partial charge on any atom is 0.307 e. The number of carboxylic acid groups (broad SMARTS) is 1. The third-order valence-corrected chi connectivity index (χ3v) is 2.79. The molecule has 20 heavy (non-hydrogen) atoms. The zero-order valence-corrected chi connectivity index (χ0v) is 10.7. The van der Waals surface area contributed by atoms with Gasteiger partial charge in [0.2, 0.25) is 0 Å². The van der Waals surface area contributed by atoms with E-state index >= 15 is 0 Å². The molecular weight excluding hydrogens is 254 g/mol. The number of nitriles is 1. The highest BCUT2D eigenvalue weighted by molar-refractivity contribution is 5.71. The topological polar surface area (TPSA) is 70.3 Å². The minimum Gasteiger partial charge on any atom is -0.489 e. The average molecular weight is 267 g/mol. The summed E-state index contributed by atoms with van der Waals surface area (Å²) in [6.07, 6.45) is -0.165. The summed E-state index contributed by atoms with van der Waals surface area (Å²) in [5.74, 6) is -0.404. The van der Waals surface area contributed by atoms with Gasteiger partial charge in [-0.1, -0.05) is 36.4 Å². The Balaban J connectivity index is 2.10. The Hall–Kier alpha value is -2.80. The summed E-state index contributed by atoms with van der Waals surface area (Å²) in [7, 11) is 0. The summed E-state index contributed by atoms with van der Waals surface area (Å²) in [5.41, 5.74) is 1.85. The zero-order chi connectivity index (χ0) is 14.4. The fraction of sp³-hybridized carbons (Fsp3) is 0.125. The van der Waals surface area contributed by atoms with Crippen LogP contribution in [0.3, 0.4) is 0 Å². The van der Waals surface area contributed by atoms with Gasteiger partial charge in [0.15, 0.2) is 0 Å². The Bertz CT molecular complexity index is 645. The molecule has 0 aliphatic heterocycles. The maximum absolute atomic E-state index is 10.7. The molecule has 0 aromatic heterocycles. The highest BCUT2D eigenvalue weighted by Gasteiger charge is 2.08. The smallest absolute Gasteiger partial charge is 0.307 e. The molecule has 0 saturated carbocycles. The highest BCUT2D eigenvalue weighted by Crippen LogP contribution is 2.19. The van der Waals surface area contributed by atoms with Crippen LogP contribution in [-0.2, 0) is 17.8 Å². The van der Waals surface area contributed by atoms with Crippen LogP contribution in [0.1, 0.15) is 16.7 Å². The predicted molar refractivity (Wildman–Crippen MR) is 73.3 cm³/mol. The molecule has 100 valence electrons. The number of hydrogen-bond acceptors (Lipinski definition) is 3. The van der Waals surface area contributed by atoms with Gasteiger partial charge < -0.3 is 9.84 Å². The number of carbonyl (C=O) groups is 1. The first kappa shape index (κ1) is 13.6. The molecule has 2 aromatic rings. The molecule has 0 unspecified atom stereocenters. The molecule has 0 bridgehead atoms. The molecule has 1 N–H and O–H groups in total. The molecule has 0 aliphatic rings. The summed E-state index contributed by atoms with van der Waals surface area (Å²) in [5, 5.41) is 17.8. The largest absolute Gasteiger partial charge is 0.489 e. The van der Waals surface area contributed by atoms with Crippen molar-refractivity contribution in [3.8, 4) is 11.8 Å². The second-order valence-electron chi connectivity index (χ2n) is 4.28. The molecule has 0 radical (unpaired) electrons. The number of benzene rings is 2. The lowest BCUT2D eigenvalue weighted by Crippen LogP contribution is -2.03. The van der Waals surface area contributed by atoms with E-state index in [4.69, 9.17) is 15.1 Å². The van der Waals surface area contributed by atoms with E-state index in [-0.39, 0.29) is 6.42 Å². The van der Waals surface area contributed by atoms with Crippen LogP contribution >= 0.6 is 0 Å². The van der Waals surface area contributed by atoms with Crippen molar-refractivity contribution in [3.05, 3.63) is 65.2 Å². The molecule has 4 heteroatoms. The lowest BCUT2D eigenvalue weighted by Gasteiger charge is -2.08. The first-order chi connectivity index (χ1) is 9.69. The van der Waals surface area contributed by atoms with Gasteiger partial charge in [-0.15, -0.1) is 0 Å². The van der Waals surface area contributed by atoms with Crippen molar-refractivity contribution < 1.29 is 14.6 Å². The van der Waals surface area contributed by atoms with E-state index in [9.17, 15) is 4.79 Å². The first-order valence-electron chi connectivity index (χ1n) is 6.10. The van der Waals surface area contributed by atoms with Gasteiger partial charge in [-0.2, -0.15) is 5.26 Å². The monoisotopic (exact) mass is 267 g/mol. The molecule has 0 aliphatic carbocycles. The Morgan fingerprint density at radius 3 is 2.60 bits per heavy atom. The fourth-order valence-corrected chi connectivity index (χ4v) is 1.81. The SMILES string of the molecule is N#Cc1cc(OCc2ccccc2)ccc1CC(=O)O. The number of hydrogen-bond donors (Lipinski definition) is 1. The number of carboxylic acids is 1. The van der Waals surface area contributed by atoms with Crippen molar-refractivity contribution in [2.24, 2.45) is 0 Å². The molecule has 0 saturated heterocycles. The second kappa shape index (κ2) is 6.39. The predicted octanol–water partition coefficient (Wildman–Crippen LogP) is 2.76. The van der Waals surface area contributed by atoms with Crippen LogP contribution in [-0.4, -0.2) is 11.1 Å². The van der Waals surface area contributed by atoms with Crippen molar-refractivity contribution in [3.63, 3.8) is 0 Å². The van der Waals surface area contributed by atoms with E-state index in [2.05, 4.69) is 0 Å². The van der Waals surface area contributed by atoms with E-state index in [1.165, 1.54) is 0 Å². The molecule has 0 heterocycles. The quantitative estimate of drug-likeness (QED) is 0.904. The summed E-state index contributed by atoms with van der Waals surface area (Å²) >= 11 is 0. The van der Waals surface area contributed by atoms with Gasteiger partial charge in [-0.05, 0) is 23.3 Å². The number of rotatable bonds is 5. The van der Waals surface area contributed by atoms with Gasteiger partial charge in [0, 0.05) is 0 Å². The third-order valence-electron chi connectivity index (χ3n) is 2.79. The standard InChI is InChI=1S/C16H13NO3/c17-10-14-8-15(7-6-13(14)9-16(18)19)20-11-12-4-2-1-3-5-12/h1-8H,9,11H2,(H,18,19). The maximum atomic E-state index is 10.7. The van der Waals surface area contributed by atoms with Crippen LogP contribution in [0.25, 0.3) is 0 Å². The zero-order valence-electron chi connectivity index (χ0n) is 10.7. The lowest BCUT2D eigenvalue weighted by atomic mass is 10.1. The molecule has 0 spiro atoms. The van der Waals surface area contributed by atoms with Gasteiger partial charge >= 0.3 is 5.97 Å². The summed E-state index contributed by atoms with van der Waals surface area (Å²) < 4.78 is 5.60. The Morgan fingerprint density at radius 2 is 1.95 bits per heavy atom. The Morgan fingerprint density at radius 1 is 1.20 bits per heavy atom. The van der Waals surface area contributed by atoms with E-state index in [1.807, 2.05) is 36.4 Å². The van der Waals surface area contributed by atoms with Crippen molar-refractivity contribution in [2.45, 2.75) is 13.0 Å². The van der Waals surface area contributed by atoms with E-state index in [0.717, 1.165) is 5.56 Å². The highest BCUT2D eigenvalue weighted by atomic mass is 16.5. The van der Waals surface area contributed by atoms with Gasteiger partial charge in [-0.25, -0.2) is 0 Å². The van der Waals surface area contributed by atoms with E-state index < -0.39 is 5.97 Å². The summed E-state index contributed by atoms with van der Waals surface area (Å²) in [4.78, 5) is 10.7. The van der Waals surface area contributed by atoms with Crippen LogP contribution < -0.4 is 4.74 Å². The minimum absolute atomic E-state index is 0.165. The van der Waals surface area contributed by atoms with Crippen molar-refractivity contribution in [1.29, 1.82) is 5.26 Å². The molecule has 0 fully saturated rings. The van der Waals surface area contributed by atoms with Crippen molar-refractivity contribution in [2.75, 3.05) is 0 Å². The number of ether oxygens (including phenoxy) is 1. The minimum atomic E-state index is -0.959. The van der Waals surface area contributed by atoms with Gasteiger partial charge in [0.1, 0.15) is 12.4 Å². The normalized spacial score (nSPS) is 9.75. The third kappa shape index (κ3) is 3.59. The molecule has 2 rings (SSSR count). The number of nitrogens with zero attached hydrogens (tertiary/aromatic N) is 1. The second-order valence-corrected chi connectivity index (χ2v) is 4.28. The van der Waals surface area contributed by atoms with E-state index in [0.29, 0.717) is 23.5 Å². The molecule has 0 amide bonds. The number of aliphatic carboxylic acids is 1. The summed E-state index contributed by atoms with van der Waals surface area (Å²) in [6.45, 7) is 0.407. The van der Waals surface area contributed by atoms with Crippen LogP contribution in [0.5, 0.6) is 5.75 Å². The lowest BCUT2D eigenvalue weighted by molar-refractivity contribution is -0.136. The Labute approximate surface area is 116 Å². The van der Waals surface area contributed by atoms with Gasteiger partial charge in [-0.3, -0.25) is 4.79 Å². The Kier molecular flexibility index (Phi) is 4.35. The fourth-order valence-electron chi connectivity index (χ4n) is 1.81. The van der Waals surface area contributed by atoms with Crippen molar-refractivity contribution >= 4 is 5.97 Å². The van der Waals surface area contributed by atoms with Gasteiger partial charge in [0.05, 0.1) is 18.1 Å². The van der Waals surface area contributed by atoms with Crippen LogP contribution in [0.4, 0.5) is 0 Å². The molecule has 2 aromatic carbocycles. The van der Waals surface area contributed by atoms with E-state index in [1.54, 1.807) is 18.2 Å². The first-order valence-corrected chi connectivity index (χ1v) is 6.10. The van der Waals surface area contributed by atoms with Crippen LogP contribution in [0, 0.1) is 11.3 Å². The average Bonchev–Trinajstić information content (AvgIpc) is 2.46.